The van der Waals surface area contributed by atoms with Gasteiger partial charge in [0.15, 0.2) is 0 Å². The first-order valence-corrected chi connectivity index (χ1v) is 6.58. The largest absolute Gasteiger partial charge is 0.462 e. The third kappa shape index (κ3) is 6.21. The van der Waals surface area contributed by atoms with Crippen LogP contribution in [0.15, 0.2) is 0 Å². The van der Waals surface area contributed by atoms with Crippen LogP contribution >= 0.6 is 0 Å². The Hall–Kier alpha value is -1.33. The molecule has 1 atom stereocenters. The molecule has 0 saturated carbocycles. The number of aldehydes is 1. The van der Waals surface area contributed by atoms with Gasteiger partial charge in [-0.3, -0.25) is 4.79 Å². The lowest BCUT2D eigenvalue weighted by molar-refractivity contribution is -0.174. The molecule has 1 unspecified atom stereocenters. The van der Waals surface area contributed by atoms with Gasteiger partial charge in [-0.1, -0.05) is 20.8 Å². The second-order valence-electron chi connectivity index (χ2n) is 5.74. The highest BCUT2D eigenvalue weighted by atomic mass is 19.3. The van der Waals surface area contributed by atoms with Gasteiger partial charge in [0.1, 0.15) is 12.1 Å². The van der Waals surface area contributed by atoms with Gasteiger partial charge in [0, 0.05) is 24.2 Å². The van der Waals surface area contributed by atoms with E-state index in [1.807, 2.05) is 0 Å². The Labute approximate surface area is 117 Å². The van der Waals surface area contributed by atoms with Crippen molar-refractivity contribution in [1.82, 2.24) is 0 Å². The van der Waals surface area contributed by atoms with Crippen molar-refractivity contribution in [3.63, 3.8) is 0 Å². The maximum Gasteiger partial charge on any atom is 0.376 e. The molecule has 0 bridgehead atoms. The standard InChI is InChI=1S/C14H22F2O4/c1-5-20-12(19)14(15,16)8-10(9-17)6-7-11(18)13(2,3)4/h9-10H,5-8H2,1-4H3. The van der Waals surface area contributed by atoms with Crippen LogP contribution in [0.3, 0.4) is 0 Å². The number of hydrogen-bond donors (Lipinski definition) is 0. The number of halogens is 2. The molecule has 4 nitrogen and oxygen atoms in total. The number of hydrogen-bond acceptors (Lipinski definition) is 4. The van der Waals surface area contributed by atoms with Gasteiger partial charge in [0.2, 0.25) is 0 Å². The van der Waals surface area contributed by atoms with E-state index in [2.05, 4.69) is 4.74 Å². The van der Waals surface area contributed by atoms with E-state index in [0.717, 1.165) is 0 Å². The summed E-state index contributed by atoms with van der Waals surface area (Å²) in [4.78, 5) is 33.6. The average Bonchev–Trinajstić information content (AvgIpc) is 2.32. The first kappa shape index (κ1) is 18.7. The first-order chi connectivity index (χ1) is 9.04. The van der Waals surface area contributed by atoms with E-state index < -0.39 is 29.6 Å². The molecule has 0 heterocycles. The van der Waals surface area contributed by atoms with Crippen molar-refractivity contribution < 1.29 is 27.9 Å². The molecule has 6 heteroatoms. The van der Waals surface area contributed by atoms with Crippen molar-refractivity contribution in [2.24, 2.45) is 11.3 Å². The van der Waals surface area contributed by atoms with Crippen LogP contribution < -0.4 is 0 Å². The average molecular weight is 292 g/mol. The highest BCUT2D eigenvalue weighted by Gasteiger charge is 2.42. The minimum absolute atomic E-state index is 0.00853. The topological polar surface area (TPSA) is 60.4 Å². The van der Waals surface area contributed by atoms with Crippen molar-refractivity contribution in [2.45, 2.75) is 52.9 Å². The predicted molar refractivity (Wildman–Crippen MR) is 69.4 cm³/mol. The number of esters is 1. The zero-order valence-electron chi connectivity index (χ0n) is 12.4. The first-order valence-electron chi connectivity index (χ1n) is 6.58. The van der Waals surface area contributed by atoms with Gasteiger partial charge in [0.25, 0.3) is 0 Å². The summed E-state index contributed by atoms with van der Waals surface area (Å²) in [6.45, 7) is 6.44. The van der Waals surface area contributed by atoms with Gasteiger partial charge in [-0.05, 0) is 13.3 Å². The second kappa shape index (κ2) is 7.45. The van der Waals surface area contributed by atoms with Crippen molar-refractivity contribution in [2.75, 3.05) is 6.61 Å². The summed E-state index contributed by atoms with van der Waals surface area (Å²) in [5.41, 5.74) is -0.572. The summed E-state index contributed by atoms with van der Waals surface area (Å²) in [6, 6.07) is 0. The molecule has 0 aliphatic heterocycles. The Morgan fingerprint density at radius 1 is 1.25 bits per heavy atom. The molecule has 0 aromatic rings. The fraction of sp³-hybridized carbons (Fsp3) is 0.786. The number of ketones is 1. The Morgan fingerprint density at radius 2 is 1.80 bits per heavy atom. The third-order valence-corrected chi connectivity index (χ3v) is 2.86. The monoisotopic (exact) mass is 292 g/mol. The van der Waals surface area contributed by atoms with Crippen LogP contribution in [-0.2, 0) is 19.1 Å². The lowest BCUT2D eigenvalue weighted by Crippen LogP contribution is -2.34. The lowest BCUT2D eigenvalue weighted by atomic mass is 9.85. The van der Waals surface area contributed by atoms with E-state index in [0.29, 0.717) is 6.29 Å². The maximum atomic E-state index is 13.5. The molecule has 0 amide bonds. The summed E-state index contributed by atoms with van der Waals surface area (Å²) in [6.07, 6.45) is -0.518. The minimum atomic E-state index is -3.70. The number of carbonyl (C=O) groups excluding carboxylic acids is 3. The highest BCUT2D eigenvalue weighted by molar-refractivity contribution is 5.84. The van der Waals surface area contributed by atoms with E-state index in [1.54, 1.807) is 20.8 Å². The molecule has 0 rings (SSSR count). The lowest BCUT2D eigenvalue weighted by Gasteiger charge is -2.20. The van der Waals surface area contributed by atoms with Gasteiger partial charge < -0.3 is 9.53 Å². The molecule has 0 aromatic heterocycles. The number of ether oxygens (including phenoxy) is 1. The van der Waals surface area contributed by atoms with Crippen LogP contribution in [-0.4, -0.2) is 30.6 Å². The quantitative estimate of drug-likeness (QED) is 0.510. The van der Waals surface area contributed by atoms with Crippen LogP contribution in [0.25, 0.3) is 0 Å². The van der Waals surface area contributed by atoms with Crippen LogP contribution in [0, 0.1) is 11.3 Å². The molecule has 116 valence electrons. The summed E-state index contributed by atoms with van der Waals surface area (Å²) < 4.78 is 31.2. The molecule has 0 aliphatic rings. The number of alkyl halides is 2. The molecule has 0 aliphatic carbocycles. The van der Waals surface area contributed by atoms with Gasteiger partial charge in [-0.15, -0.1) is 0 Å². The summed E-state index contributed by atoms with van der Waals surface area (Å²) in [7, 11) is 0. The fourth-order valence-corrected chi connectivity index (χ4v) is 1.56. The van der Waals surface area contributed by atoms with E-state index in [9.17, 15) is 23.2 Å². The van der Waals surface area contributed by atoms with Gasteiger partial charge in [0.05, 0.1) is 6.61 Å². The van der Waals surface area contributed by atoms with Crippen LogP contribution in [0.2, 0.25) is 0 Å². The summed E-state index contributed by atoms with van der Waals surface area (Å²) in [5.74, 6) is -6.48. The van der Waals surface area contributed by atoms with Crippen LogP contribution in [0.5, 0.6) is 0 Å². The zero-order chi connectivity index (χ0) is 16.0. The van der Waals surface area contributed by atoms with Crippen molar-refractivity contribution in [1.29, 1.82) is 0 Å². The molecule has 20 heavy (non-hydrogen) atoms. The van der Waals surface area contributed by atoms with E-state index in [1.165, 1.54) is 6.92 Å². The Morgan fingerprint density at radius 3 is 2.20 bits per heavy atom. The molecule has 0 aromatic carbocycles. The van der Waals surface area contributed by atoms with E-state index >= 15 is 0 Å². The molecule has 0 saturated heterocycles. The fourth-order valence-electron chi connectivity index (χ4n) is 1.56. The second-order valence-corrected chi connectivity index (χ2v) is 5.74. The maximum absolute atomic E-state index is 13.5. The van der Waals surface area contributed by atoms with Crippen molar-refractivity contribution in [3.05, 3.63) is 0 Å². The number of Topliss-reactive ketones (excluding diaryl/α,β-unsaturated/α-hetero) is 1. The van der Waals surface area contributed by atoms with Gasteiger partial charge in [-0.2, -0.15) is 8.78 Å². The van der Waals surface area contributed by atoms with Crippen LogP contribution in [0.4, 0.5) is 8.78 Å². The smallest absolute Gasteiger partial charge is 0.376 e. The zero-order valence-corrected chi connectivity index (χ0v) is 12.4. The highest BCUT2D eigenvalue weighted by Crippen LogP contribution is 2.28. The Balaban J connectivity index is 4.53. The van der Waals surface area contributed by atoms with Crippen molar-refractivity contribution >= 4 is 18.0 Å². The summed E-state index contributed by atoms with van der Waals surface area (Å²) >= 11 is 0. The van der Waals surface area contributed by atoms with Gasteiger partial charge in [-0.25, -0.2) is 4.79 Å². The molecular formula is C14H22F2O4. The number of rotatable bonds is 8. The molecule has 0 radical (unpaired) electrons. The third-order valence-electron chi connectivity index (χ3n) is 2.86. The van der Waals surface area contributed by atoms with E-state index in [-0.39, 0.29) is 25.2 Å². The number of carbonyl (C=O) groups is 3. The molecule has 0 N–H and O–H groups in total. The molecule has 0 fully saturated rings. The minimum Gasteiger partial charge on any atom is -0.462 e. The summed E-state index contributed by atoms with van der Waals surface area (Å²) in [5, 5.41) is 0. The molecular weight excluding hydrogens is 270 g/mol. The Bertz CT molecular complexity index is 359. The normalized spacial score (nSPS) is 13.7. The van der Waals surface area contributed by atoms with Crippen molar-refractivity contribution in [3.8, 4) is 0 Å². The predicted octanol–water partition coefficient (Wildman–Crippen LogP) is 2.79. The SMILES string of the molecule is CCOC(=O)C(F)(F)CC(C=O)CCC(=O)C(C)(C)C. The van der Waals surface area contributed by atoms with E-state index in [4.69, 9.17) is 0 Å². The van der Waals surface area contributed by atoms with Crippen LogP contribution in [0.1, 0.15) is 47.0 Å². The van der Waals surface area contributed by atoms with Gasteiger partial charge >= 0.3 is 11.9 Å². The Kier molecular flexibility index (Phi) is 6.96. The molecule has 0 spiro atoms.